The molecule has 0 bridgehead atoms. The molecule has 0 aliphatic heterocycles. The molecule has 0 unspecified atom stereocenters. The number of benzene rings is 1. The van der Waals surface area contributed by atoms with Crippen LogP contribution in [0.4, 0.5) is 0 Å². The minimum atomic E-state index is -3.48. The topological polar surface area (TPSA) is 85.4 Å². The molecule has 1 aromatic carbocycles. The molecule has 5 nitrogen and oxygen atoms in total. The second-order valence-corrected chi connectivity index (χ2v) is 8.83. The van der Waals surface area contributed by atoms with Crippen LogP contribution in [0.25, 0.3) is 0 Å². The van der Waals surface area contributed by atoms with Crippen molar-refractivity contribution < 1.29 is 8.42 Å². The normalized spacial score (nSPS) is 12.5. The molecule has 2 aromatic rings. The van der Waals surface area contributed by atoms with Gasteiger partial charge >= 0.3 is 0 Å². The van der Waals surface area contributed by atoms with Crippen LogP contribution in [0.15, 0.2) is 45.6 Å². The Morgan fingerprint density at radius 2 is 2.04 bits per heavy atom. The summed E-state index contributed by atoms with van der Waals surface area (Å²) >= 11 is 8.87. The molecule has 1 aromatic heterocycles. The van der Waals surface area contributed by atoms with E-state index in [1.807, 2.05) is 11.4 Å². The summed E-state index contributed by atoms with van der Waals surface area (Å²) in [6.07, 6.45) is 0. The molecule has 0 aliphatic carbocycles. The van der Waals surface area contributed by atoms with Crippen molar-refractivity contribution in [1.82, 2.24) is 4.37 Å². The van der Waals surface area contributed by atoms with Crippen LogP contribution in [0.3, 0.4) is 0 Å². The molecule has 9 heteroatoms. The van der Waals surface area contributed by atoms with E-state index in [-0.39, 0.29) is 16.5 Å². The lowest BCUT2D eigenvalue weighted by atomic mass is 10.4. The standard InChI is InChI=1S/C14H16ClN3O2S3/c15-11-1-3-13(4-2-11)23(19,20)10-14(16)17-6-8-21-9-12-5-7-22-18-12/h1-5,7H,6,8-10H2,(H2,16,17). The van der Waals surface area contributed by atoms with E-state index in [4.69, 9.17) is 17.3 Å². The van der Waals surface area contributed by atoms with Crippen LogP contribution in [0.2, 0.25) is 5.02 Å². The summed E-state index contributed by atoms with van der Waals surface area (Å²) in [6, 6.07) is 7.99. The first-order valence-corrected chi connectivity index (χ1v) is 10.7. The summed E-state index contributed by atoms with van der Waals surface area (Å²) < 4.78 is 28.6. The molecule has 2 N–H and O–H groups in total. The number of hydrogen-bond donors (Lipinski definition) is 1. The molecule has 124 valence electrons. The van der Waals surface area contributed by atoms with Crippen LogP contribution in [0.5, 0.6) is 0 Å². The first-order valence-electron chi connectivity index (χ1n) is 6.71. The summed E-state index contributed by atoms with van der Waals surface area (Å²) in [5, 5.41) is 2.43. The van der Waals surface area contributed by atoms with E-state index < -0.39 is 9.84 Å². The van der Waals surface area contributed by atoms with Gasteiger partial charge in [0, 0.05) is 21.9 Å². The molecule has 0 saturated heterocycles. The highest BCUT2D eigenvalue weighted by Gasteiger charge is 2.16. The van der Waals surface area contributed by atoms with Gasteiger partial charge in [-0.25, -0.2) is 8.42 Å². The van der Waals surface area contributed by atoms with E-state index in [9.17, 15) is 8.42 Å². The van der Waals surface area contributed by atoms with Crippen LogP contribution < -0.4 is 5.73 Å². The average molecular weight is 390 g/mol. The van der Waals surface area contributed by atoms with Crippen molar-refractivity contribution in [2.45, 2.75) is 10.6 Å². The molecule has 0 fully saturated rings. The Balaban J connectivity index is 1.80. The second-order valence-electron chi connectivity index (χ2n) is 4.63. The van der Waals surface area contributed by atoms with Crippen molar-refractivity contribution in [2.24, 2.45) is 10.7 Å². The van der Waals surface area contributed by atoms with Gasteiger partial charge in [-0.05, 0) is 41.9 Å². The van der Waals surface area contributed by atoms with Gasteiger partial charge in [0.15, 0.2) is 9.84 Å². The van der Waals surface area contributed by atoms with Crippen LogP contribution in [0, 0.1) is 0 Å². The van der Waals surface area contributed by atoms with E-state index >= 15 is 0 Å². The lowest BCUT2D eigenvalue weighted by Crippen LogP contribution is -2.24. The fraction of sp³-hybridized carbons (Fsp3) is 0.286. The van der Waals surface area contributed by atoms with Gasteiger partial charge in [-0.1, -0.05) is 11.6 Å². The monoisotopic (exact) mass is 389 g/mol. The van der Waals surface area contributed by atoms with E-state index in [0.717, 1.165) is 17.2 Å². The number of amidine groups is 1. The van der Waals surface area contributed by atoms with Crippen LogP contribution in [0.1, 0.15) is 5.69 Å². The average Bonchev–Trinajstić information content (AvgIpc) is 3.00. The van der Waals surface area contributed by atoms with Crippen molar-refractivity contribution >= 4 is 50.6 Å². The molecule has 1 heterocycles. The second kappa shape index (κ2) is 8.68. The molecule has 0 spiro atoms. The summed E-state index contributed by atoms with van der Waals surface area (Å²) in [7, 11) is -3.48. The van der Waals surface area contributed by atoms with Crippen LogP contribution in [-0.2, 0) is 15.6 Å². The Morgan fingerprint density at radius 3 is 2.70 bits per heavy atom. The summed E-state index contributed by atoms with van der Waals surface area (Å²) in [6.45, 7) is 0.483. The minimum absolute atomic E-state index is 0.120. The number of nitrogens with two attached hydrogens (primary N) is 1. The predicted molar refractivity (Wildman–Crippen MR) is 98.3 cm³/mol. The third-order valence-electron chi connectivity index (χ3n) is 2.80. The number of aromatic nitrogens is 1. The number of nitrogens with zero attached hydrogens (tertiary/aromatic N) is 2. The van der Waals surface area contributed by atoms with Gasteiger partial charge in [-0.2, -0.15) is 16.1 Å². The number of hydrogen-bond acceptors (Lipinski definition) is 6. The zero-order valence-electron chi connectivity index (χ0n) is 12.2. The van der Waals surface area contributed by atoms with E-state index in [1.54, 1.807) is 11.8 Å². The van der Waals surface area contributed by atoms with Gasteiger partial charge < -0.3 is 5.73 Å². The zero-order valence-corrected chi connectivity index (χ0v) is 15.4. The first-order chi connectivity index (χ1) is 11.0. The van der Waals surface area contributed by atoms with Gasteiger partial charge in [-0.15, -0.1) is 0 Å². The molecule has 23 heavy (non-hydrogen) atoms. The molecular weight excluding hydrogens is 374 g/mol. The minimum Gasteiger partial charge on any atom is -0.387 e. The summed E-state index contributed by atoms with van der Waals surface area (Å²) in [5.41, 5.74) is 6.77. The summed E-state index contributed by atoms with van der Waals surface area (Å²) in [4.78, 5) is 4.31. The number of halogens is 1. The third-order valence-corrected chi connectivity index (χ3v) is 6.29. The Hall–Kier alpha value is -1.09. The lowest BCUT2D eigenvalue weighted by molar-refractivity contribution is 0.599. The number of aliphatic imine (C=N–C) groups is 1. The van der Waals surface area contributed by atoms with Gasteiger partial charge in [0.2, 0.25) is 0 Å². The van der Waals surface area contributed by atoms with Crippen LogP contribution >= 0.6 is 34.9 Å². The molecule has 0 saturated carbocycles. The molecule has 0 radical (unpaired) electrons. The lowest BCUT2D eigenvalue weighted by Gasteiger charge is -2.04. The highest BCUT2D eigenvalue weighted by Crippen LogP contribution is 2.15. The molecular formula is C14H16ClN3O2S3. The van der Waals surface area contributed by atoms with E-state index in [0.29, 0.717) is 11.6 Å². The van der Waals surface area contributed by atoms with E-state index in [1.165, 1.54) is 35.8 Å². The molecule has 0 aliphatic rings. The molecule has 0 amide bonds. The fourth-order valence-electron chi connectivity index (χ4n) is 1.71. The van der Waals surface area contributed by atoms with Crippen molar-refractivity contribution in [2.75, 3.05) is 18.1 Å². The number of sulfone groups is 1. The summed E-state index contributed by atoms with van der Waals surface area (Å²) in [5.74, 6) is 1.42. The number of rotatable bonds is 8. The van der Waals surface area contributed by atoms with Crippen LogP contribution in [-0.4, -0.2) is 36.7 Å². The van der Waals surface area contributed by atoms with Gasteiger partial charge in [-0.3, -0.25) is 4.99 Å². The quantitative estimate of drug-likeness (QED) is 0.426. The Labute approximate surface area is 149 Å². The Morgan fingerprint density at radius 1 is 1.30 bits per heavy atom. The van der Waals surface area contributed by atoms with E-state index in [2.05, 4.69) is 9.37 Å². The predicted octanol–water partition coefficient (Wildman–Crippen LogP) is 2.86. The smallest absolute Gasteiger partial charge is 0.185 e. The van der Waals surface area contributed by atoms with Crippen molar-refractivity contribution in [3.63, 3.8) is 0 Å². The van der Waals surface area contributed by atoms with Gasteiger partial charge in [0.05, 0.1) is 17.1 Å². The third kappa shape index (κ3) is 6.14. The highest BCUT2D eigenvalue weighted by molar-refractivity contribution is 7.98. The fourth-order valence-corrected chi connectivity index (χ4v) is 4.39. The largest absolute Gasteiger partial charge is 0.387 e. The van der Waals surface area contributed by atoms with Gasteiger partial charge in [0.25, 0.3) is 0 Å². The first kappa shape index (κ1) is 18.3. The maximum atomic E-state index is 12.2. The number of thioether (sulfide) groups is 1. The Kier molecular flexibility index (Phi) is 6.88. The van der Waals surface area contributed by atoms with Crippen molar-refractivity contribution in [3.05, 3.63) is 46.4 Å². The van der Waals surface area contributed by atoms with Gasteiger partial charge in [0.1, 0.15) is 11.6 Å². The maximum absolute atomic E-state index is 12.2. The van der Waals surface area contributed by atoms with Crippen molar-refractivity contribution in [1.29, 1.82) is 0 Å². The Bertz CT molecular complexity index is 744. The SMILES string of the molecule is NC(CS(=O)(=O)c1ccc(Cl)cc1)=NCCSCc1ccsn1. The molecule has 2 rings (SSSR count). The maximum Gasteiger partial charge on any atom is 0.185 e. The zero-order chi connectivity index (χ0) is 16.7. The highest BCUT2D eigenvalue weighted by atomic mass is 35.5. The van der Waals surface area contributed by atoms with Crippen molar-refractivity contribution in [3.8, 4) is 0 Å². The molecule has 0 atom stereocenters.